The lowest BCUT2D eigenvalue weighted by Crippen LogP contribution is -2.64. The van der Waals surface area contributed by atoms with Gasteiger partial charge in [-0.15, -0.1) is 0 Å². The van der Waals surface area contributed by atoms with Crippen molar-refractivity contribution in [3.05, 3.63) is 0 Å². The van der Waals surface area contributed by atoms with Crippen LogP contribution in [0.2, 0.25) is 0 Å². The molecule has 0 spiro atoms. The summed E-state index contributed by atoms with van der Waals surface area (Å²) < 4.78 is 283. The summed E-state index contributed by atoms with van der Waals surface area (Å²) in [6.07, 6.45) is -46.9. The highest BCUT2D eigenvalue weighted by Crippen LogP contribution is 2.53. The van der Waals surface area contributed by atoms with Crippen LogP contribution < -0.4 is 0 Å². The van der Waals surface area contributed by atoms with E-state index in [0.29, 0.717) is 0 Å². The molecule has 0 rings (SSSR count). The summed E-state index contributed by atoms with van der Waals surface area (Å²) in [6.45, 7) is 0. The first-order chi connectivity index (χ1) is 16.5. The normalized spacial score (nSPS) is 18.3. The maximum Gasteiger partial charge on any atom is 0.462 e. The predicted molar refractivity (Wildman–Crippen MR) is 65.0 cm³/mol. The van der Waals surface area contributed by atoms with Gasteiger partial charge in [0.05, 0.1) is 0 Å². The molecule has 0 aromatic carbocycles. The summed E-state index contributed by atoms with van der Waals surface area (Å²) in [5.74, 6) is -41.4. The molecule has 5 nitrogen and oxygen atoms in total. The van der Waals surface area contributed by atoms with E-state index in [1.807, 2.05) is 4.74 Å². The van der Waals surface area contributed by atoms with E-state index in [0.717, 1.165) is 0 Å². The minimum Gasteiger partial charge on any atom is -0.384 e. The molecule has 0 saturated heterocycles. The zero-order valence-electron chi connectivity index (χ0n) is 16.4. The standard InChI is InChI=1S/C12F22O5/c13-3(7(19,20)21,38-11(31,32)5(15,16)9(25,26)27)1(35)37-2(36)4(14,8(22,23)24)39-12(33,34)6(17,18)10(28,29)30. The van der Waals surface area contributed by atoms with Crippen molar-refractivity contribution in [2.24, 2.45) is 0 Å². The number of halogens is 22. The lowest BCUT2D eigenvalue weighted by Gasteiger charge is -2.35. The zero-order valence-corrected chi connectivity index (χ0v) is 16.4. The largest absolute Gasteiger partial charge is 0.462 e. The fraction of sp³-hybridized carbons (Fsp3) is 0.833. The molecule has 0 bridgehead atoms. The number of carbonyl (C=O) groups excluding carboxylic acids is 2. The van der Waals surface area contributed by atoms with Gasteiger partial charge in [0.2, 0.25) is 0 Å². The van der Waals surface area contributed by atoms with Crippen LogP contribution >= 0.6 is 0 Å². The number of esters is 2. The Bertz CT molecular complexity index is 852. The monoisotopic (exact) mass is 642 g/mol. The molecular formula is C12F22O5. The molecule has 0 aliphatic heterocycles. The van der Waals surface area contributed by atoms with Gasteiger partial charge in [-0.2, -0.15) is 96.6 Å². The van der Waals surface area contributed by atoms with Gasteiger partial charge >= 0.3 is 72.4 Å². The fourth-order valence-corrected chi connectivity index (χ4v) is 1.46. The van der Waals surface area contributed by atoms with Crippen LogP contribution in [0.5, 0.6) is 0 Å². The van der Waals surface area contributed by atoms with E-state index in [1.165, 1.54) is 9.47 Å². The van der Waals surface area contributed by atoms with Gasteiger partial charge in [0, 0.05) is 0 Å². The van der Waals surface area contributed by atoms with Crippen LogP contribution in [-0.4, -0.2) is 72.4 Å². The molecule has 2 unspecified atom stereocenters. The summed E-state index contributed by atoms with van der Waals surface area (Å²) in [5, 5.41) is 0. The Hall–Kier alpha value is -2.48. The molecule has 0 fully saturated rings. The number of rotatable bonds is 8. The van der Waals surface area contributed by atoms with E-state index in [2.05, 4.69) is 0 Å². The third-order valence-electron chi connectivity index (χ3n) is 3.42. The average molecular weight is 642 g/mol. The van der Waals surface area contributed by atoms with Crippen LogP contribution in [0.3, 0.4) is 0 Å². The molecule has 232 valence electrons. The SMILES string of the molecule is O=C(OC(=O)C(F)(OC(F)(F)C(F)(F)C(F)(F)F)C(F)(F)F)C(F)(OC(F)(F)C(F)(F)C(F)(F)F)C(F)(F)F. The molecule has 0 N–H and O–H groups in total. The summed E-state index contributed by atoms with van der Waals surface area (Å²) in [4.78, 5) is 22.1. The molecule has 0 amide bonds. The van der Waals surface area contributed by atoms with Crippen molar-refractivity contribution >= 4 is 11.9 Å². The third-order valence-corrected chi connectivity index (χ3v) is 3.42. The topological polar surface area (TPSA) is 61.8 Å². The number of ether oxygens (including phenoxy) is 3. The highest BCUT2D eigenvalue weighted by Gasteiger charge is 2.82. The first kappa shape index (κ1) is 36.5. The molecule has 0 heterocycles. The molecule has 0 aliphatic carbocycles. The molecule has 39 heavy (non-hydrogen) atoms. The zero-order chi connectivity index (χ0) is 32.3. The number of carbonyl (C=O) groups is 2. The van der Waals surface area contributed by atoms with Crippen molar-refractivity contribution in [3.8, 4) is 0 Å². The Morgan fingerprint density at radius 2 is 0.564 bits per heavy atom. The van der Waals surface area contributed by atoms with Crippen LogP contribution in [0.15, 0.2) is 0 Å². The molecule has 0 saturated carbocycles. The molecule has 2 atom stereocenters. The van der Waals surface area contributed by atoms with Gasteiger partial charge in [-0.3, -0.25) is 9.47 Å². The number of hydrogen-bond donors (Lipinski definition) is 0. The Morgan fingerprint density at radius 3 is 0.718 bits per heavy atom. The van der Waals surface area contributed by atoms with Crippen LogP contribution in [-0.2, 0) is 23.8 Å². The van der Waals surface area contributed by atoms with Crippen LogP contribution in [0.1, 0.15) is 0 Å². The lowest BCUT2D eigenvalue weighted by molar-refractivity contribution is -0.478. The summed E-state index contributed by atoms with van der Waals surface area (Å²) in [5.41, 5.74) is 0. The Balaban J connectivity index is 6.69. The lowest BCUT2D eigenvalue weighted by atomic mass is 10.2. The van der Waals surface area contributed by atoms with Crippen molar-refractivity contribution < 1.29 is 120 Å². The van der Waals surface area contributed by atoms with Crippen molar-refractivity contribution in [1.82, 2.24) is 0 Å². The smallest absolute Gasteiger partial charge is 0.384 e. The maximum absolute atomic E-state index is 13.8. The van der Waals surface area contributed by atoms with Gasteiger partial charge in [-0.1, -0.05) is 0 Å². The van der Waals surface area contributed by atoms with Crippen molar-refractivity contribution in [1.29, 1.82) is 0 Å². The Labute approximate surface area is 194 Å². The summed E-state index contributed by atoms with van der Waals surface area (Å²) in [6, 6.07) is 0. The van der Waals surface area contributed by atoms with Gasteiger partial charge in [-0.05, 0) is 0 Å². The molecular weight excluding hydrogens is 642 g/mol. The molecule has 0 aromatic heterocycles. The molecule has 0 radical (unpaired) electrons. The Kier molecular flexibility index (Phi) is 8.96. The minimum atomic E-state index is -7.94. The van der Waals surface area contributed by atoms with Crippen LogP contribution in [0.25, 0.3) is 0 Å². The highest BCUT2D eigenvalue weighted by atomic mass is 19.4. The predicted octanol–water partition coefficient (Wildman–Crippen LogP) is 6.13. The second-order valence-electron chi connectivity index (χ2n) is 6.24. The average Bonchev–Trinajstić information content (AvgIpc) is 2.62. The highest BCUT2D eigenvalue weighted by molar-refractivity contribution is 5.93. The van der Waals surface area contributed by atoms with Crippen LogP contribution in [0, 0.1) is 0 Å². The first-order valence-electron chi connectivity index (χ1n) is 7.79. The van der Waals surface area contributed by atoms with E-state index >= 15 is 0 Å². The van der Waals surface area contributed by atoms with Gasteiger partial charge in [-0.25, -0.2) is 9.59 Å². The van der Waals surface area contributed by atoms with E-state index in [1.54, 1.807) is 0 Å². The van der Waals surface area contributed by atoms with Gasteiger partial charge in [0.15, 0.2) is 0 Å². The second-order valence-corrected chi connectivity index (χ2v) is 6.24. The molecule has 27 heteroatoms. The number of alkyl halides is 22. The number of hydrogen-bond acceptors (Lipinski definition) is 5. The second kappa shape index (κ2) is 9.57. The third kappa shape index (κ3) is 6.31. The first-order valence-corrected chi connectivity index (χ1v) is 7.79. The summed E-state index contributed by atoms with van der Waals surface area (Å²) in [7, 11) is 0. The minimum absolute atomic E-state index is 1.36. The maximum atomic E-state index is 13.8. The summed E-state index contributed by atoms with van der Waals surface area (Å²) >= 11 is 0. The van der Waals surface area contributed by atoms with E-state index in [-0.39, 0.29) is 0 Å². The van der Waals surface area contributed by atoms with Gasteiger partial charge in [0.1, 0.15) is 0 Å². The van der Waals surface area contributed by atoms with Gasteiger partial charge in [0.25, 0.3) is 0 Å². The molecule has 0 aromatic rings. The van der Waals surface area contributed by atoms with Gasteiger partial charge < -0.3 is 4.74 Å². The fourth-order valence-electron chi connectivity index (χ4n) is 1.46. The van der Waals surface area contributed by atoms with E-state index in [9.17, 15) is 106 Å². The van der Waals surface area contributed by atoms with E-state index in [4.69, 9.17) is 0 Å². The molecule has 0 aliphatic rings. The quantitative estimate of drug-likeness (QED) is 0.181. The van der Waals surface area contributed by atoms with Crippen molar-refractivity contribution in [3.63, 3.8) is 0 Å². The van der Waals surface area contributed by atoms with Crippen molar-refractivity contribution in [2.75, 3.05) is 0 Å². The Morgan fingerprint density at radius 1 is 0.359 bits per heavy atom. The van der Waals surface area contributed by atoms with Crippen molar-refractivity contribution in [2.45, 2.75) is 60.5 Å². The van der Waals surface area contributed by atoms with Crippen LogP contribution in [0.4, 0.5) is 96.6 Å². The van der Waals surface area contributed by atoms with E-state index < -0.39 is 72.4 Å².